The van der Waals surface area contributed by atoms with Crippen LogP contribution in [0.25, 0.3) is 0 Å². The summed E-state index contributed by atoms with van der Waals surface area (Å²) in [4.78, 5) is 50.4. The van der Waals surface area contributed by atoms with Crippen LogP contribution in [0.5, 0.6) is 0 Å². The summed E-state index contributed by atoms with van der Waals surface area (Å²) in [5.74, 6) is 7.80. The molecule has 20 heteroatoms. The first-order valence-electron chi connectivity index (χ1n) is 12.7. The Morgan fingerprint density at radius 1 is 0.619 bits per heavy atom. The van der Waals surface area contributed by atoms with Gasteiger partial charge in [-0.25, -0.2) is 19.6 Å². The molecule has 0 aliphatic heterocycles. The van der Waals surface area contributed by atoms with Crippen LogP contribution in [0, 0.1) is 0 Å². The van der Waals surface area contributed by atoms with E-state index in [1.54, 1.807) is 58.8 Å². The van der Waals surface area contributed by atoms with E-state index in [0.29, 0.717) is 48.9 Å². The molecule has 0 saturated carbocycles. The molecule has 0 rings (SSSR count). The van der Waals surface area contributed by atoms with Crippen molar-refractivity contribution in [2.24, 2.45) is 9.98 Å². The third kappa shape index (κ3) is 35.6. The highest BCUT2D eigenvalue weighted by atomic mass is 32.2. The van der Waals surface area contributed by atoms with Crippen LogP contribution in [0.3, 0.4) is 0 Å². The Morgan fingerprint density at radius 2 is 1.12 bits per heavy atom. The number of amides is 2. The summed E-state index contributed by atoms with van der Waals surface area (Å²) in [5, 5.41) is 22.5. The molecule has 0 aromatic heterocycles. The van der Waals surface area contributed by atoms with Gasteiger partial charge in [0.15, 0.2) is 0 Å². The maximum atomic E-state index is 11.7. The molecule has 0 aliphatic rings. The molecule has 0 radical (unpaired) electrons. The number of aliphatic imine (C=N–C) groups is 2. The Morgan fingerprint density at radius 3 is 1.74 bits per heavy atom. The fourth-order valence-corrected chi connectivity index (χ4v) is 6.61. The first kappa shape index (κ1) is 41.4. The predicted molar refractivity (Wildman–Crippen MR) is 178 cm³/mol. The Kier molecular flexibility index (Phi) is 36.1. The van der Waals surface area contributed by atoms with Crippen molar-refractivity contribution in [3.8, 4) is 0 Å². The summed E-state index contributed by atoms with van der Waals surface area (Å²) in [7, 11) is 0. The van der Waals surface area contributed by atoms with E-state index >= 15 is 0 Å². The molecule has 0 fully saturated rings. The summed E-state index contributed by atoms with van der Waals surface area (Å²) >= 11 is 9.50. The minimum absolute atomic E-state index is 0.00136. The molecule has 246 valence electrons. The van der Waals surface area contributed by atoms with Crippen LogP contribution < -0.4 is 10.6 Å². The topological polar surface area (TPSA) is 179 Å². The fraction of sp³-hybridized carbons (Fsp3) is 0.818. The van der Waals surface area contributed by atoms with Gasteiger partial charge in [0.05, 0.1) is 36.7 Å². The third-order valence-corrected chi connectivity index (χ3v) is 9.42. The van der Waals surface area contributed by atoms with Gasteiger partial charge in [-0.2, -0.15) is 9.78 Å². The van der Waals surface area contributed by atoms with E-state index in [1.807, 2.05) is 0 Å². The van der Waals surface area contributed by atoms with Crippen molar-refractivity contribution in [3.63, 3.8) is 0 Å². The smallest absolute Gasteiger partial charge is 0.408 e. The number of thioether (sulfide) groups is 6. The lowest BCUT2D eigenvalue weighted by molar-refractivity contribution is -0.217. The molecule has 0 aliphatic carbocycles. The lowest BCUT2D eigenvalue weighted by Gasteiger charge is -2.06. The zero-order valence-electron chi connectivity index (χ0n) is 23.4. The number of aliphatic hydroxyl groups is 2. The van der Waals surface area contributed by atoms with Crippen molar-refractivity contribution in [2.75, 3.05) is 96.3 Å². The number of aliphatic hydroxyl groups excluding tert-OH is 2. The molecule has 42 heavy (non-hydrogen) atoms. The van der Waals surface area contributed by atoms with Gasteiger partial charge in [-0.3, -0.25) is 0 Å². The Labute approximate surface area is 272 Å². The van der Waals surface area contributed by atoms with E-state index in [2.05, 4.69) is 20.6 Å². The SMILES string of the molecule is O=C(NCSCCSC/N=C/OOCSCCSCOC(=O)NCSCCSC/N=C\OOCCCO)OCCCO. The predicted octanol–water partition coefficient (Wildman–Crippen LogP) is 3.30. The van der Waals surface area contributed by atoms with E-state index in [0.717, 1.165) is 34.5 Å². The van der Waals surface area contributed by atoms with Crippen molar-refractivity contribution in [2.45, 2.75) is 12.8 Å². The number of alkyl carbamates (subject to hydrolysis) is 2. The van der Waals surface area contributed by atoms with E-state index in [-0.39, 0.29) is 25.8 Å². The first-order valence-corrected chi connectivity index (χ1v) is 19.7. The normalized spacial score (nSPS) is 11.2. The Hall–Kier alpha value is -0.580. The highest BCUT2D eigenvalue weighted by Gasteiger charge is 2.02. The molecule has 0 spiro atoms. The quantitative estimate of drug-likeness (QED) is 0.0205. The lowest BCUT2D eigenvalue weighted by Crippen LogP contribution is -2.24. The van der Waals surface area contributed by atoms with Gasteiger partial charge in [-0.1, -0.05) is 0 Å². The summed E-state index contributed by atoms with van der Waals surface area (Å²) in [6.45, 7) is 0.598. The highest BCUT2D eigenvalue weighted by molar-refractivity contribution is 8.03. The van der Waals surface area contributed by atoms with Crippen LogP contribution in [0.2, 0.25) is 0 Å². The molecule has 0 bridgehead atoms. The monoisotopic (exact) mass is 714 g/mol. The second-order valence-corrected chi connectivity index (χ2v) is 13.5. The number of nitrogens with zero attached hydrogens (tertiary/aromatic N) is 2. The number of carbonyl (C=O) groups excluding carboxylic acids is 2. The van der Waals surface area contributed by atoms with E-state index in [1.165, 1.54) is 24.6 Å². The van der Waals surface area contributed by atoms with Crippen LogP contribution in [0.1, 0.15) is 12.8 Å². The summed E-state index contributed by atoms with van der Waals surface area (Å²) in [6.07, 6.45) is 2.56. The average Bonchev–Trinajstić information content (AvgIpc) is 2.99. The molecule has 0 saturated heterocycles. The van der Waals surface area contributed by atoms with Gasteiger partial charge in [0.25, 0.3) is 0 Å². The number of hydrogen-bond donors (Lipinski definition) is 4. The minimum atomic E-state index is -0.473. The largest absolute Gasteiger partial charge is 0.449 e. The molecule has 2 amide bonds. The molecule has 0 unspecified atom stereocenters. The van der Waals surface area contributed by atoms with Crippen molar-refractivity contribution >= 4 is 95.6 Å². The Balaban J connectivity index is 3.26. The number of carbonyl (C=O) groups is 2. The second kappa shape index (κ2) is 36.6. The van der Waals surface area contributed by atoms with Gasteiger partial charge < -0.3 is 40.1 Å². The van der Waals surface area contributed by atoms with Crippen molar-refractivity contribution in [3.05, 3.63) is 0 Å². The molecule has 0 heterocycles. The summed E-state index contributed by atoms with van der Waals surface area (Å²) < 4.78 is 9.96. The van der Waals surface area contributed by atoms with Gasteiger partial charge in [0, 0.05) is 54.2 Å². The average molecular weight is 715 g/mol. The molecular weight excluding hydrogens is 673 g/mol. The number of rotatable bonds is 31. The van der Waals surface area contributed by atoms with Gasteiger partial charge in [0.1, 0.15) is 11.9 Å². The van der Waals surface area contributed by atoms with E-state index < -0.39 is 12.2 Å². The molecule has 0 aromatic carbocycles. The van der Waals surface area contributed by atoms with Gasteiger partial charge >= 0.3 is 12.2 Å². The number of ether oxygens (including phenoxy) is 2. The van der Waals surface area contributed by atoms with Crippen molar-refractivity contribution < 1.29 is 48.8 Å². The van der Waals surface area contributed by atoms with E-state index in [4.69, 9.17) is 39.2 Å². The molecular formula is C22H42N4O10S6. The first-order chi connectivity index (χ1) is 20.7. The molecule has 0 aromatic rings. The Bertz CT molecular complexity index is 677. The summed E-state index contributed by atoms with van der Waals surface area (Å²) in [6, 6.07) is 0. The zero-order chi connectivity index (χ0) is 30.6. The molecule has 4 N–H and O–H groups in total. The molecule has 14 nitrogen and oxygen atoms in total. The van der Waals surface area contributed by atoms with Crippen molar-refractivity contribution in [1.82, 2.24) is 10.6 Å². The van der Waals surface area contributed by atoms with Crippen molar-refractivity contribution in [1.29, 1.82) is 0 Å². The van der Waals surface area contributed by atoms with E-state index in [9.17, 15) is 9.59 Å². The zero-order valence-corrected chi connectivity index (χ0v) is 28.3. The van der Waals surface area contributed by atoms with Crippen LogP contribution in [-0.2, 0) is 29.0 Å². The third-order valence-electron chi connectivity index (χ3n) is 3.78. The highest BCUT2D eigenvalue weighted by Crippen LogP contribution is 2.09. The van der Waals surface area contributed by atoms with Gasteiger partial charge in [-0.15, -0.1) is 70.6 Å². The molecule has 0 atom stereocenters. The number of hydrogen-bond acceptors (Lipinski definition) is 18. The standard InChI is InChI=1S/C22H42N4O10S6/c27-3-1-5-31-21(29)25-17-39-9-7-38-16-24-14-35-36-20-42-12-11-41-19-32-22(30)26-18-40-10-8-37-15-23-13-34-33-6-2-4-28/h13-14,27-28H,1-12,15-20H2,(H,25,29)(H,26,30)/b23-13-,24-14+. The van der Waals surface area contributed by atoms with Crippen LogP contribution in [0.4, 0.5) is 9.59 Å². The van der Waals surface area contributed by atoms with Crippen LogP contribution in [0.15, 0.2) is 9.98 Å². The minimum Gasteiger partial charge on any atom is -0.449 e. The second-order valence-electron chi connectivity index (χ2n) is 7.02. The lowest BCUT2D eigenvalue weighted by atomic mass is 10.5. The fourth-order valence-electron chi connectivity index (χ4n) is 1.91. The maximum Gasteiger partial charge on any atom is 0.408 e. The maximum absolute atomic E-state index is 11.7. The summed E-state index contributed by atoms with van der Waals surface area (Å²) in [5.41, 5.74) is 0. The van der Waals surface area contributed by atoms with Gasteiger partial charge in [-0.05, 0) is 6.42 Å². The van der Waals surface area contributed by atoms with Crippen LogP contribution in [-0.4, -0.2) is 132 Å². The van der Waals surface area contributed by atoms with Gasteiger partial charge in [0.2, 0.25) is 12.8 Å². The number of nitrogens with one attached hydrogen (secondary N) is 2. The van der Waals surface area contributed by atoms with Crippen LogP contribution >= 0.6 is 70.6 Å².